The molecule has 3 rings (SSSR count). The van der Waals surface area contributed by atoms with Gasteiger partial charge in [0.05, 0.1) is 5.69 Å². The molecule has 5 nitrogen and oxygen atoms in total. The number of fused-ring (bicyclic) bond motifs is 1. The third-order valence-electron chi connectivity index (χ3n) is 4.54. The number of carbonyl (C=O) groups excluding carboxylic acids is 2. The second-order valence-corrected chi connectivity index (χ2v) is 6.73. The van der Waals surface area contributed by atoms with Crippen molar-refractivity contribution in [3.8, 4) is 5.75 Å². The minimum atomic E-state index is -0.900. The summed E-state index contributed by atoms with van der Waals surface area (Å²) < 4.78 is 5.80. The van der Waals surface area contributed by atoms with Crippen LogP contribution in [0.2, 0.25) is 0 Å². The first-order valence-electron chi connectivity index (χ1n) is 8.37. The lowest BCUT2D eigenvalue weighted by Gasteiger charge is -2.39. The number of ether oxygens (including phenoxy) is 1. The number of benzene rings is 1. The highest BCUT2D eigenvalue weighted by Gasteiger charge is 2.40. The molecule has 1 aromatic rings. The molecule has 5 heteroatoms. The van der Waals surface area contributed by atoms with Crippen molar-refractivity contribution in [2.75, 3.05) is 24.5 Å². The monoisotopic (exact) mass is 316 g/mol. The quantitative estimate of drug-likeness (QED) is 0.861. The normalized spacial score (nSPS) is 20.0. The van der Waals surface area contributed by atoms with Gasteiger partial charge in [0.1, 0.15) is 5.75 Å². The molecular weight excluding hydrogens is 292 g/mol. The summed E-state index contributed by atoms with van der Waals surface area (Å²) in [6.45, 7) is 5.63. The summed E-state index contributed by atoms with van der Waals surface area (Å²) in [4.78, 5) is 28.7. The molecule has 0 saturated carbocycles. The lowest BCUT2D eigenvalue weighted by atomic mass is 10.0. The molecule has 0 aromatic heterocycles. The van der Waals surface area contributed by atoms with E-state index < -0.39 is 5.60 Å². The highest BCUT2D eigenvalue weighted by Crippen LogP contribution is 2.37. The van der Waals surface area contributed by atoms with Crippen LogP contribution in [0.15, 0.2) is 24.3 Å². The summed E-state index contributed by atoms with van der Waals surface area (Å²) >= 11 is 0. The first-order chi connectivity index (χ1) is 11.0. The Balaban J connectivity index is 1.73. The predicted molar refractivity (Wildman–Crippen MR) is 88.6 cm³/mol. The van der Waals surface area contributed by atoms with Crippen LogP contribution in [0.1, 0.15) is 39.5 Å². The number of para-hydroxylation sites is 2. The van der Waals surface area contributed by atoms with Crippen molar-refractivity contribution in [2.45, 2.75) is 45.1 Å². The molecular formula is C18H24N2O3. The van der Waals surface area contributed by atoms with E-state index in [4.69, 9.17) is 4.74 Å². The van der Waals surface area contributed by atoms with Crippen LogP contribution in [0.3, 0.4) is 0 Å². The minimum absolute atomic E-state index is 0.0948. The standard InChI is InChI=1S/C18H24N2O3/c1-18(2)17(22)20(14-8-4-5-9-15(14)23-18)13-10-16(21)19-11-6-3-7-12-19/h4-5,8-9H,3,6-7,10-13H2,1-2H3. The van der Waals surface area contributed by atoms with Gasteiger partial charge in [0.15, 0.2) is 5.60 Å². The molecule has 0 radical (unpaired) electrons. The van der Waals surface area contributed by atoms with Crippen LogP contribution < -0.4 is 9.64 Å². The van der Waals surface area contributed by atoms with E-state index in [9.17, 15) is 9.59 Å². The zero-order chi connectivity index (χ0) is 16.4. The Morgan fingerprint density at radius 1 is 1.17 bits per heavy atom. The molecule has 0 aliphatic carbocycles. The minimum Gasteiger partial charge on any atom is -0.476 e. The molecule has 0 spiro atoms. The third-order valence-corrected chi connectivity index (χ3v) is 4.54. The van der Waals surface area contributed by atoms with E-state index in [2.05, 4.69) is 0 Å². The molecule has 0 N–H and O–H groups in total. The van der Waals surface area contributed by atoms with Gasteiger partial charge in [0.2, 0.25) is 5.91 Å². The predicted octanol–water partition coefficient (Wildman–Crippen LogP) is 2.59. The van der Waals surface area contributed by atoms with Crippen molar-refractivity contribution in [2.24, 2.45) is 0 Å². The average Bonchev–Trinajstić information content (AvgIpc) is 2.55. The SMILES string of the molecule is CC1(C)Oc2ccccc2N(CCC(=O)N2CCCCC2)C1=O. The second kappa shape index (κ2) is 6.22. The molecule has 0 bridgehead atoms. The van der Waals surface area contributed by atoms with Crippen molar-refractivity contribution in [1.29, 1.82) is 0 Å². The first kappa shape index (κ1) is 15.8. The molecule has 1 aromatic carbocycles. The van der Waals surface area contributed by atoms with Gasteiger partial charge in [-0.2, -0.15) is 0 Å². The third kappa shape index (κ3) is 3.19. The highest BCUT2D eigenvalue weighted by atomic mass is 16.5. The summed E-state index contributed by atoms with van der Waals surface area (Å²) in [7, 11) is 0. The number of rotatable bonds is 3. The van der Waals surface area contributed by atoms with Gasteiger partial charge in [0, 0.05) is 26.1 Å². The van der Waals surface area contributed by atoms with Crippen molar-refractivity contribution in [3.63, 3.8) is 0 Å². The van der Waals surface area contributed by atoms with E-state index in [1.807, 2.05) is 29.2 Å². The van der Waals surface area contributed by atoms with E-state index in [0.29, 0.717) is 18.7 Å². The Kier molecular flexibility index (Phi) is 4.28. The van der Waals surface area contributed by atoms with Gasteiger partial charge < -0.3 is 14.5 Å². The molecule has 2 aliphatic heterocycles. The van der Waals surface area contributed by atoms with E-state index in [1.165, 1.54) is 6.42 Å². The van der Waals surface area contributed by atoms with E-state index >= 15 is 0 Å². The van der Waals surface area contributed by atoms with Crippen molar-refractivity contribution < 1.29 is 14.3 Å². The Morgan fingerprint density at radius 3 is 2.61 bits per heavy atom. The maximum Gasteiger partial charge on any atom is 0.270 e. The number of likely N-dealkylation sites (tertiary alicyclic amines) is 1. The lowest BCUT2D eigenvalue weighted by molar-refractivity contribution is -0.133. The average molecular weight is 316 g/mol. The largest absolute Gasteiger partial charge is 0.476 e. The number of carbonyl (C=O) groups is 2. The Labute approximate surface area is 137 Å². The Hall–Kier alpha value is -2.04. The van der Waals surface area contributed by atoms with Crippen LogP contribution in [-0.4, -0.2) is 41.9 Å². The number of nitrogens with zero attached hydrogens (tertiary/aromatic N) is 2. The molecule has 2 heterocycles. The van der Waals surface area contributed by atoms with Crippen LogP contribution in [-0.2, 0) is 9.59 Å². The number of hydrogen-bond acceptors (Lipinski definition) is 3. The maximum absolute atomic E-state index is 12.7. The smallest absolute Gasteiger partial charge is 0.270 e. The van der Waals surface area contributed by atoms with Gasteiger partial charge in [-0.05, 0) is 45.2 Å². The lowest BCUT2D eigenvalue weighted by Crippen LogP contribution is -2.53. The van der Waals surface area contributed by atoms with Crippen molar-refractivity contribution in [3.05, 3.63) is 24.3 Å². The van der Waals surface area contributed by atoms with Gasteiger partial charge in [-0.3, -0.25) is 9.59 Å². The molecule has 0 atom stereocenters. The topological polar surface area (TPSA) is 49.9 Å². The second-order valence-electron chi connectivity index (χ2n) is 6.73. The fraction of sp³-hybridized carbons (Fsp3) is 0.556. The summed E-state index contributed by atoms with van der Waals surface area (Å²) in [6, 6.07) is 7.51. The summed E-state index contributed by atoms with van der Waals surface area (Å²) in [6.07, 6.45) is 3.72. The van der Waals surface area contributed by atoms with Crippen LogP contribution in [0, 0.1) is 0 Å². The van der Waals surface area contributed by atoms with Gasteiger partial charge in [-0.15, -0.1) is 0 Å². The van der Waals surface area contributed by atoms with Gasteiger partial charge in [-0.1, -0.05) is 12.1 Å². The number of amides is 2. The summed E-state index contributed by atoms with van der Waals surface area (Å²) in [5.41, 5.74) is -0.147. The van der Waals surface area contributed by atoms with Crippen molar-refractivity contribution in [1.82, 2.24) is 4.90 Å². The van der Waals surface area contributed by atoms with Crippen LogP contribution >= 0.6 is 0 Å². The molecule has 2 amide bonds. The fourth-order valence-electron chi connectivity index (χ4n) is 3.25. The van der Waals surface area contributed by atoms with E-state index in [-0.39, 0.29) is 11.8 Å². The molecule has 124 valence electrons. The van der Waals surface area contributed by atoms with Crippen LogP contribution in [0.4, 0.5) is 5.69 Å². The highest BCUT2D eigenvalue weighted by molar-refractivity contribution is 6.02. The summed E-state index contributed by atoms with van der Waals surface area (Å²) in [5, 5.41) is 0. The number of hydrogen-bond donors (Lipinski definition) is 0. The van der Waals surface area contributed by atoms with Gasteiger partial charge >= 0.3 is 0 Å². The zero-order valence-corrected chi connectivity index (χ0v) is 13.9. The van der Waals surface area contributed by atoms with Crippen LogP contribution in [0.5, 0.6) is 5.75 Å². The van der Waals surface area contributed by atoms with Crippen LogP contribution in [0.25, 0.3) is 0 Å². The molecule has 2 aliphatic rings. The molecule has 1 fully saturated rings. The maximum atomic E-state index is 12.7. The number of anilines is 1. The Bertz CT molecular complexity index is 606. The van der Waals surface area contributed by atoms with E-state index in [0.717, 1.165) is 31.6 Å². The zero-order valence-electron chi connectivity index (χ0n) is 13.9. The van der Waals surface area contributed by atoms with Crippen molar-refractivity contribution >= 4 is 17.5 Å². The molecule has 1 saturated heterocycles. The number of piperidine rings is 1. The van der Waals surface area contributed by atoms with Gasteiger partial charge in [-0.25, -0.2) is 0 Å². The molecule has 0 unspecified atom stereocenters. The molecule has 23 heavy (non-hydrogen) atoms. The Morgan fingerprint density at radius 2 is 1.87 bits per heavy atom. The van der Waals surface area contributed by atoms with Gasteiger partial charge in [0.25, 0.3) is 5.91 Å². The van der Waals surface area contributed by atoms with E-state index in [1.54, 1.807) is 18.7 Å². The fourth-order valence-corrected chi connectivity index (χ4v) is 3.25. The summed E-state index contributed by atoms with van der Waals surface area (Å²) in [5.74, 6) is 0.740. The first-order valence-corrected chi connectivity index (χ1v) is 8.37.